The van der Waals surface area contributed by atoms with Gasteiger partial charge < -0.3 is 20.7 Å². The zero-order valence-electron chi connectivity index (χ0n) is 14.8. The number of aliphatic hydroxyl groups is 1. The number of nitrogens with one attached hydrogen (secondary N) is 3. The quantitative estimate of drug-likeness (QED) is 0.559. The van der Waals surface area contributed by atoms with E-state index in [0.717, 1.165) is 40.4 Å². The number of hydrogen-bond donors (Lipinski definition) is 4. The Morgan fingerprint density at radius 1 is 1.30 bits per heavy atom. The molecule has 0 radical (unpaired) electrons. The van der Waals surface area contributed by atoms with Crippen LogP contribution in [0.1, 0.15) is 29.2 Å². The molecule has 3 aromatic rings. The maximum Gasteiger partial charge on any atom is 0.315 e. The van der Waals surface area contributed by atoms with E-state index in [1.165, 1.54) is 12.1 Å². The molecular formula is C21H22FN3O2. The molecule has 1 heterocycles. The van der Waals surface area contributed by atoms with Gasteiger partial charge in [0.1, 0.15) is 5.82 Å². The van der Waals surface area contributed by atoms with Gasteiger partial charge in [-0.2, -0.15) is 0 Å². The molecule has 4 rings (SSSR count). The van der Waals surface area contributed by atoms with Crippen molar-refractivity contribution >= 4 is 16.9 Å². The minimum Gasteiger partial charge on any atom is -0.394 e. The van der Waals surface area contributed by atoms with Crippen molar-refractivity contribution in [2.24, 2.45) is 0 Å². The number of rotatable bonds is 5. The lowest BCUT2D eigenvalue weighted by Crippen LogP contribution is -2.45. The third kappa shape index (κ3) is 3.66. The Hall–Kier alpha value is -2.86. The molecule has 0 aliphatic heterocycles. The fraction of sp³-hybridized carbons (Fsp3) is 0.286. The molecular weight excluding hydrogens is 345 g/mol. The second kappa shape index (κ2) is 7.40. The second-order valence-corrected chi connectivity index (χ2v) is 7.00. The van der Waals surface area contributed by atoms with Gasteiger partial charge in [0.15, 0.2) is 0 Å². The number of benzene rings is 2. The molecule has 5 nitrogen and oxygen atoms in total. The number of urea groups is 1. The summed E-state index contributed by atoms with van der Waals surface area (Å²) in [4.78, 5) is 15.6. The smallest absolute Gasteiger partial charge is 0.315 e. The first-order valence-corrected chi connectivity index (χ1v) is 9.15. The van der Waals surface area contributed by atoms with Gasteiger partial charge in [0, 0.05) is 17.1 Å². The van der Waals surface area contributed by atoms with Crippen LogP contribution in [0.3, 0.4) is 0 Å². The van der Waals surface area contributed by atoms with Gasteiger partial charge in [0.25, 0.3) is 0 Å². The average Bonchev–Trinajstić information content (AvgIpc) is 3.25. The van der Waals surface area contributed by atoms with Crippen molar-refractivity contribution in [1.29, 1.82) is 0 Å². The monoisotopic (exact) mass is 367 g/mol. The molecule has 2 atom stereocenters. The molecule has 27 heavy (non-hydrogen) atoms. The molecule has 1 aliphatic rings. The van der Waals surface area contributed by atoms with Crippen molar-refractivity contribution in [2.75, 3.05) is 6.61 Å². The third-order valence-electron chi connectivity index (χ3n) is 5.19. The highest BCUT2D eigenvalue weighted by molar-refractivity contribution is 5.83. The third-order valence-corrected chi connectivity index (χ3v) is 5.19. The number of aryl methyl sites for hydroxylation is 1. The molecule has 0 saturated carbocycles. The summed E-state index contributed by atoms with van der Waals surface area (Å²) in [5.74, 6) is -0.296. The Labute approximate surface area is 156 Å². The Kier molecular flexibility index (Phi) is 4.81. The van der Waals surface area contributed by atoms with Gasteiger partial charge in [-0.25, -0.2) is 9.18 Å². The minimum atomic E-state index is -0.405. The average molecular weight is 367 g/mol. The number of aromatic nitrogens is 1. The van der Waals surface area contributed by atoms with Gasteiger partial charge in [-0.1, -0.05) is 24.3 Å². The molecule has 140 valence electrons. The van der Waals surface area contributed by atoms with Crippen LogP contribution in [0, 0.1) is 5.82 Å². The van der Waals surface area contributed by atoms with E-state index in [4.69, 9.17) is 0 Å². The van der Waals surface area contributed by atoms with E-state index in [1.54, 1.807) is 6.07 Å². The zero-order chi connectivity index (χ0) is 18.8. The largest absolute Gasteiger partial charge is 0.394 e. The van der Waals surface area contributed by atoms with E-state index in [-0.39, 0.29) is 24.5 Å². The molecule has 2 amide bonds. The molecule has 0 bridgehead atoms. The second-order valence-electron chi connectivity index (χ2n) is 7.00. The standard InChI is InChI=1S/C21H22FN3O2/c22-15-7-5-13-6-8-20(18(13)10-15)25-21(27)24-16(12-26)9-14-11-23-19-4-2-1-3-17(14)19/h1-5,7,10-11,16,20,23,26H,6,8-9,12H2,(H2,24,25,27). The molecule has 6 heteroatoms. The SMILES string of the molecule is O=C(NC(CO)Cc1c[nH]c2ccccc12)NC1CCc2ccc(F)cc21. The molecule has 4 N–H and O–H groups in total. The van der Waals surface area contributed by atoms with E-state index in [1.807, 2.05) is 30.5 Å². The van der Waals surface area contributed by atoms with Crippen LogP contribution in [0.5, 0.6) is 0 Å². The van der Waals surface area contributed by atoms with Crippen molar-refractivity contribution in [1.82, 2.24) is 15.6 Å². The van der Waals surface area contributed by atoms with Gasteiger partial charge in [-0.3, -0.25) is 0 Å². The predicted octanol–water partition coefficient (Wildman–Crippen LogP) is 3.20. The predicted molar refractivity (Wildman–Crippen MR) is 102 cm³/mol. The lowest BCUT2D eigenvalue weighted by Gasteiger charge is -2.20. The molecule has 2 unspecified atom stereocenters. The number of carbonyl (C=O) groups is 1. The normalized spacial score (nSPS) is 16.9. The lowest BCUT2D eigenvalue weighted by atomic mass is 10.1. The summed E-state index contributed by atoms with van der Waals surface area (Å²) < 4.78 is 13.5. The van der Waals surface area contributed by atoms with E-state index < -0.39 is 6.04 Å². The van der Waals surface area contributed by atoms with Crippen LogP contribution < -0.4 is 10.6 Å². The highest BCUT2D eigenvalue weighted by atomic mass is 19.1. The van der Waals surface area contributed by atoms with Gasteiger partial charge in [-0.05, 0) is 54.2 Å². The maximum absolute atomic E-state index is 13.5. The first-order chi connectivity index (χ1) is 13.1. The Balaban J connectivity index is 1.41. The summed E-state index contributed by atoms with van der Waals surface area (Å²) in [6.45, 7) is -0.164. The molecule has 0 saturated heterocycles. The summed E-state index contributed by atoms with van der Waals surface area (Å²) in [6, 6.07) is 11.7. The number of para-hydroxylation sites is 1. The van der Waals surface area contributed by atoms with Crippen molar-refractivity contribution in [2.45, 2.75) is 31.3 Å². The van der Waals surface area contributed by atoms with Crippen molar-refractivity contribution < 1.29 is 14.3 Å². The molecule has 0 spiro atoms. The highest BCUT2D eigenvalue weighted by Gasteiger charge is 2.25. The van der Waals surface area contributed by atoms with E-state index in [2.05, 4.69) is 15.6 Å². The first-order valence-electron chi connectivity index (χ1n) is 9.15. The highest BCUT2D eigenvalue weighted by Crippen LogP contribution is 2.31. The van der Waals surface area contributed by atoms with Crippen LogP contribution in [0.15, 0.2) is 48.7 Å². The number of halogens is 1. The van der Waals surface area contributed by atoms with Crippen molar-refractivity contribution in [3.05, 3.63) is 71.2 Å². The van der Waals surface area contributed by atoms with Crippen LogP contribution in [-0.4, -0.2) is 28.8 Å². The van der Waals surface area contributed by atoms with Gasteiger partial charge in [-0.15, -0.1) is 0 Å². The molecule has 0 fully saturated rings. The van der Waals surface area contributed by atoms with E-state index in [0.29, 0.717) is 6.42 Å². The number of fused-ring (bicyclic) bond motifs is 2. The summed E-state index contributed by atoms with van der Waals surface area (Å²) in [5, 5.41) is 16.5. The summed E-state index contributed by atoms with van der Waals surface area (Å²) in [7, 11) is 0. The van der Waals surface area contributed by atoms with Crippen LogP contribution in [0.2, 0.25) is 0 Å². The van der Waals surface area contributed by atoms with Gasteiger partial charge >= 0.3 is 6.03 Å². The fourth-order valence-corrected chi connectivity index (χ4v) is 3.84. The topological polar surface area (TPSA) is 77.2 Å². The number of aromatic amines is 1. The van der Waals surface area contributed by atoms with Gasteiger partial charge in [0.05, 0.1) is 18.7 Å². The van der Waals surface area contributed by atoms with Crippen LogP contribution >= 0.6 is 0 Å². The number of aliphatic hydroxyl groups excluding tert-OH is 1. The van der Waals surface area contributed by atoms with Crippen LogP contribution in [0.25, 0.3) is 10.9 Å². The maximum atomic E-state index is 13.5. The Morgan fingerprint density at radius 2 is 2.15 bits per heavy atom. The molecule has 1 aromatic heterocycles. The van der Waals surface area contributed by atoms with Crippen LogP contribution in [-0.2, 0) is 12.8 Å². The van der Waals surface area contributed by atoms with E-state index in [9.17, 15) is 14.3 Å². The molecule has 1 aliphatic carbocycles. The minimum absolute atomic E-state index is 0.164. The fourth-order valence-electron chi connectivity index (χ4n) is 3.84. The summed E-state index contributed by atoms with van der Waals surface area (Å²) in [5.41, 5.74) is 3.97. The van der Waals surface area contributed by atoms with Gasteiger partial charge in [0.2, 0.25) is 0 Å². The number of amides is 2. The van der Waals surface area contributed by atoms with E-state index >= 15 is 0 Å². The Bertz CT molecular complexity index is 969. The zero-order valence-corrected chi connectivity index (χ0v) is 14.8. The van der Waals surface area contributed by atoms with Crippen molar-refractivity contribution in [3.63, 3.8) is 0 Å². The summed E-state index contributed by atoms with van der Waals surface area (Å²) >= 11 is 0. The van der Waals surface area contributed by atoms with Crippen molar-refractivity contribution in [3.8, 4) is 0 Å². The Morgan fingerprint density at radius 3 is 3.00 bits per heavy atom. The number of H-pyrrole nitrogens is 1. The molecule has 2 aromatic carbocycles. The lowest BCUT2D eigenvalue weighted by molar-refractivity contribution is 0.213. The number of carbonyl (C=O) groups excluding carboxylic acids is 1. The first kappa shape index (κ1) is 17.5. The number of hydrogen-bond acceptors (Lipinski definition) is 2. The van der Waals surface area contributed by atoms with Crippen LogP contribution in [0.4, 0.5) is 9.18 Å². The summed E-state index contributed by atoms with van der Waals surface area (Å²) in [6.07, 6.45) is 3.99.